The zero-order valence-electron chi connectivity index (χ0n) is 8.54. The van der Waals surface area contributed by atoms with Crippen molar-refractivity contribution in [3.63, 3.8) is 0 Å². The van der Waals surface area contributed by atoms with E-state index in [2.05, 4.69) is 25.2 Å². The summed E-state index contributed by atoms with van der Waals surface area (Å²) in [6.45, 7) is 4.20. The summed E-state index contributed by atoms with van der Waals surface area (Å²) in [5.74, 6) is 0. The van der Waals surface area contributed by atoms with Crippen molar-refractivity contribution >= 4 is 11.4 Å². The lowest BCUT2D eigenvalue weighted by Crippen LogP contribution is -2.14. The molecule has 0 aliphatic heterocycles. The van der Waals surface area contributed by atoms with Crippen LogP contribution in [0.3, 0.4) is 0 Å². The van der Waals surface area contributed by atoms with Crippen molar-refractivity contribution in [3.05, 3.63) is 23.8 Å². The monoisotopic (exact) mass is 189 g/mol. The molecule has 1 atom stereocenters. The maximum atomic E-state index is 8.66. The second-order valence-corrected chi connectivity index (χ2v) is 3.37. The molecule has 0 aliphatic carbocycles. The molecule has 0 aromatic heterocycles. The third kappa shape index (κ3) is 2.40. The fraction of sp³-hybridized carbons (Fsp3) is 0.364. The lowest BCUT2D eigenvalue weighted by atomic mass is 10.1. The molecule has 0 fully saturated rings. The van der Waals surface area contributed by atoms with Gasteiger partial charge in [-0.2, -0.15) is 5.26 Å². The minimum absolute atomic E-state index is 0.394. The molecule has 0 aliphatic rings. The van der Waals surface area contributed by atoms with Gasteiger partial charge in [-0.3, -0.25) is 0 Å². The van der Waals surface area contributed by atoms with Gasteiger partial charge in [0.1, 0.15) is 0 Å². The number of nitrogens with zero attached hydrogens (tertiary/aromatic N) is 1. The summed E-state index contributed by atoms with van der Waals surface area (Å²) in [5, 5.41) is 11.9. The predicted octanol–water partition coefficient (Wildman–Crippen LogP) is 2.35. The maximum Gasteiger partial charge on any atom is 0.0992 e. The van der Waals surface area contributed by atoms with E-state index in [4.69, 9.17) is 11.0 Å². The van der Waals surface area contributed by atoms with E-state index in [9.17, 15) is 0 Å². The van der Waals surface area contributed by atoms with Crippen molar-refractivity contribution < 1.29 is 0 Å². The Labute approximate surface area is 84.5 Å². The van der Waals surface area contributed by atoms with E-state index in [-0.39, 0.29) is 0 Å². The summed E-state index contributed by atoms with van der Waals surface area (Å²) >= 11 is 0. The fourth-order valence-electron chi connectivity index (χ4n) is 1.13. The van der Waals surface area contributed by atoms with Crippen molar-refractivity contribution in [1.82, 2.24) is 0 Å². The van der Waals surface area contributed by atoms with Gasteiger partial charge >= 0.3 is 0 Å². The van der Waals surface area contributed by atoms with Gasteiger partial charge < -0.3 is 11.1 Å². The van der Waals surface area contributed by atoms with Crippen LogP contribution < -0.4 is 11.1 Å². The highest BCUT2D eigenvalue weighted by atomic mass is 14.9. The number of rotatable bonds is 3. The Hall–Kier alpha value is -1.69. The molecule has 1 aromatic carbocycles. The number of nitriles is 1. The molecule has 0 heterocycles. The molecular formula is C11H15N3. The van der Waals surface area contributed by atoms with Crippen LogP contribution in [-0.2, 0) is 0 Å². The number of hydrogen-bond donors (Lipinski definition) is 2. The number of nitrogens with two attached hydrogens (primary N) is 1. The molecule has 14 heavy (non-hydrogen) atoms. The van der Waals surface area contributed by atoms with E-state index < -0.39 is 0 Å². The molecule has 74 valence electrons. The van der Waals surface area contributed by atoms with Crippen molar-refractivity contribution in [2.45, 2.75) is 26.3 Å². The van der Waals surface area contributed by atoms with Crippen molar-refractivity contribution in [1.29, 1.82) is 5.26 Å². The van der Waals surface area contributed by atoms with Crippen molar-refractivity contribution in [2.75, 3.05) is 11.1 Å². The van der Waals surface area contributed by atoms with E-state index in [0.29, 0.717) is 17.3 Å². The summed E-state index contributed by atoms with van der Waals surface area (Å²) in [6.07, 6.45) is 1.04. The highest BCUT2D eigenvalue weighted by Gasteiger charge is 2.03. The summed E-state index contributed by atoms with van der Waals surface area (Å²) in [6, 6.07) is 7.75. The molecule has 0 saturated heterocycles. The fourth-order valence-corrected chi connectivity index (χ4v) is 1.13. The molecule has 1 aromatic rings. The first kappa shape index (κ1) is 10.4. The van der Waals surface area contributed by atoms with Crippen LogP contribution in [0, 0.1) is 11.3 Å². The first-order valence-electron chi connectivity index (χ1n) is 4.73. The van der Waals surface area contributed by atoms with Crippen LogP contribution in [0.5, 0.6) is 0 Å². The highest BCUT2D eigenvalue weighted by Crippen LogP contribution is 2.20. The largest absolute Gasteiger partial charge is 0.397 e. The second-order valence-electron chi connectivity index (χ2n) is 3.37. The summed E-state index contributed by atoms with van der Waals surface area (Å²) in [4.78, 5) is 0. The molecule has 0 bridgehead atoms. The molecule has 0 spiro atoms. The topological polar surface area (TPSA) is 61.8 Å². The SMILES string of the molecule is CC[C@@H](C)Nc1ccc(C#N)cc1N. The number of nitrogens with one attached hydrogen (secondary N) is 1. The Kier molecular flexibility index (Phi) is 3.35. The van der Waals surface area contributed by atoms with Crippen LogP contribution in [0.25, 0.3) is 0 Å². The van der Waals surface area contributed by atoms with Gasteiger partial charge in [0.15, 0.2) is 0 Å². The van der Waals surface area contributed by atoms with Gasteiger partial charge in [-0.1, -0.05) is 6.92 Å². The van der Waals surface area contributed by atoms with Crippen molar-refractivity contribution in [3.8, 4) is 6.07 Å². The summed E-state index contributed by atoms with van der Waals surface area (Å²) in [7, 11) is 0. The van der Waals surface area contributed by atoms with Crippen LogP contribution in [0.15, 0.2) is 18.2 Å². The van der Waals surface area contributed by atoms with Gasteiger partial charge in [0.25, 0.3) is 0 Å². The van der Waals surface area contributed by atoms with Crippen LogP contribution in [-0.4, -0.2) is 6.04 Å². The van der Waals surface area contributed by atoms with Gasteiger partial charge in [-0.15, -0.1) is 0 Å². The molecule has 0 saturated carbocycles. The Balaban J connectivity index is 2.85. The van der Waals surface area contributed by atoms with E-state index in [1.165, 1.54) is 0 Å². The second kappa shape index (κ2) is 4.52. The van der Waals surface area contributed by atoms with E-state index in [0.717, 1.165) is 12.1 Å². The number of anilines is 2. The Morgan fingerprint density at radius 2 is 2.29 bits per heavy atom. The van der Waals surface area contributed by atoms with E-state index in [1.54, 1.807) is 12.1 Å². The Morgan fingerprint density at radius 1 is 1.57 bits per heavy atom. The maximum absolute atomic E-state index is 8.66. The molecule has 1 rings (SSSR count). The quantitative estimate of drug-likeness (QED) is 0.717. The Morgan fingerprint density at radius 3 is 2.79 bits per heavy atom. The van der Waals surface area contributed by atoms with Crippen LogP contribution in [0.4, 0.5) is 11.4 Å². The van der Waals surface area contributed by atoms with Gasteiger partial charge in [-0.25, -0.2) is 0 Å². The van der Waals surface area contributed by atoms with Crippen LogP contribution >= 0.6 is 0 Å². The van der Waals surface area contributed by atoms with Gasteiger partial charge in [-0.05, 0) is 31.5 Å². The van der Waals surface area contributed by atoms with Gasteiger partial charge in [0.2, 0.25) is 0 Å². The first-order valence-corrected chi connectivity index (χ1v) is 4.73. The third-order valence-electron chi connectivity index (χ3n) is 2.19. The molecule has 3 heteroatoms. The predicted molar refractivity (Wildman–Crippen MR) is 58.9 cm³/mol. The normalized spacial score (nSPS) is 11.8. The lowest BCUT2D eigenvalue weighted by Gasteiger charge is -2.14. The molecule has 3 N–H and O–H groups in total. The summed E-state index contributed by atoms with van der Waals surface area (Å²) in [5.41, 5.74) is 7.91. The minimum atomic E-state index is 0.394. The molecule has 0 unspecified atom stereocenters. The molecular weight excluding hydrogens is 174 g/mol. The van der Waals surface area contributed by atoms with Crippen LogP contribution in [0.2, 0.25) is 0 Å². The van der Waals surface area contributed by atoms with Crippen molar-refractivity contribution in [2.24, 2.45) is 0 Å². The standard InChI is InChI=1S/C11H15N3/c1-3-8(2)14-11-5-4-9(7-12)6-10(11)13/h4-6,8,14H,3,13H2,1-2H3/t8-/m1/s1. The lowest BCUT2D eigenvalue weighted by molar-refractivity contribution is 0.764. The van der Waals surface area contributed by atoms with Gasteiger partial charge in [0, 0.05) is 6.04 Å². The molecule has 0 radical (unpaired) electrons. The van der Waals surface area contributed by atoms with E-state index >= 15 is 0 Å². The highest BCUT2D eigenvalue weighted by molar-refractivity contribution is 5.68. The number of nitrogen functional groups attached to an aromatic ring is 1. The van der Waals surface area contributed by atoms with Gasteiger partial charge in [0.05, 0.1) is 23.0 Å². The molecule has 3 nitrogen and oxygen atoms in total. The smallest absolute Gasteiger partial charge is 0.0992 e. The van der Waals surface area contributed by atoms with E-state index in [1.807, 2.05) is 6.07 Å². The number of benzene rings is 1. The number of hydrogen-bond acceptors (Lipinski definition) is 3. The zero-order chi connectivity index (χ0) is 10.6. The Bertz CT molecular complexity index is 352. The first-order chi connectivity index (χ1) is 6.67. The zero-order valence-corrected chi connectivity index (χ0v) is 8.54. The molecule has 0 amide bonds. The average molecular weight is 189 g/mol. The van der Waals surface area contributed by atoms with Crippen LogP contribution in [0.1, 0.15) is 25.8 Å². The summed E-state index contributed by atoms with van der Waals surface area (Å²) < 4.78 is 0. The minimum Gasteiger partial charge on any atom is -0.397 e. The third-order valence-corrected chi connectivity index (χ3v) is 2.19. The average Bonchev–Trinajstić information content (AvgIpc) is 2.20.